The van der Waals surface area contributed by atoms with Crippen LogP contribution in [0.1, 0.15) is 19.3 Å². The van der Waals surface area contributed by atoms with Gasteiger partial charge in [0.2, 0.25) is 5.95 Å². The average Bonchev–Trinajstić information content (AvgIpc) is 2.28. The van der Waals surface area contributed by atoms with Gasteiger partial charge in [0, 0.05) is 25.7 Å². The number of nitrogens with zero attached hydrogens (tertiary/aromatic N) is 3. The number of aliphatic carboxylic acids is 1. The van der Waals surface area contributed by atoms with Crippen molar-refractivity contribution in [1.29, 1.82) is 0 Å². The summed E-state index contributed by atoms with van der Waals surface area (Å²) in [7, 11) is 0. The summed E-state index contributed by atoms with van der Waals surface area (Å²) in [4.78, 5) is 20.8. The van der Waals surface area contributed by atoms with Crippen molar-refractivity contribution in [3.8, 4) is 0 Å². The number of aromatic nitrogens is 2. The lowest BCUT2D eigenvalue weighted by molar-refractivity contribution is -0.138. The van der Waals surface area contributed by atoms with E-state index in [-0.39, 0.29) is 18.3 Å². The third kappa shape index (κ3) is 3.05. The minimum atomic E-state index is -0.737. The van der Waals surface area contributed by atoms with Gasteiger partial charge in [-0.2, -0.15) is 4.98 Å². The number of rotatable bonds is 3. The zero-order valence-electron chi connectivity index (χ0n) is 9.54. The van der Waals surface area contributed by atoms with Crippen molar-refractivity contribution in [3.63, 3.8) is 0 Å². The number of carboxylic acids is 1. The van der Waals surface area contributed by atoms with Crippen LogP contribution in [-0.4, -0.2) is 34.1 Å². The normalized spacial score (nSPS) is 20.2. The molecule has 1 fully saturated rings. The molecule has 1 aromatic rings. The molecule has 0 aliphatic carbocycles. The average molecular weight is 236 g/mol. The molecule has 0 radical (unpaired) electrons. The van der Waals surface area contributed by atoms with Crippen molar-refractivity contribution >= 4 is 17.7 Å². The summed E-state index contributed by atoms with van der Waals surface area (Å²) in [5.41, 5.74) is 5.54. The number of hydrogen-bond acceptors (Lipinski definition) is 5. The van der Waals surface area contributed by atoms with E-state index >= 15 is 0 Å². The third-order valence-corrected chi connectivity index (χ3v) is 2.97. The van der Waals surface area contributed by atoms with Crippen LogP contribution >= 0.6 is 0 Å². The Morgan fingerprint density at radius 1 is 1.65 bits per heavy atom. The number of nitrogens with two attached hydrogens (primary N) is 1. The molecule has 2 rings (SSSR count). The van der Waals surface area contributed by atoms with E-state index in [4.69, 9.17) is 10.8 Å². The lowest BCUT2D eigenvalue weighted by atomic mass is 9.95. The maximum absolute atomic E-state index is 10.7. The first-order valence-corrected chi connectivity index (χ1v) is 5.70. The molecule has 6 heteroatoms. The number of nitrogen functional groups attached to an aromatic ring is 1. The van der Waals surface area contributed by atoms with Crippen molar-refractivity contribution in [3.05, 3.63) is 12.3 Å². The summed E-state index contributed by atoms with van der Waals surface area (Å²) < 4.78 is 0. The first-order chi connectivity index (χ1) is 8.15. The highest BCUT2D eigenvalue weighted by atomic mass is 16.4. The number of carbonyl (C=O) groups is 1. The van der Waals surface area contributed by atoms with E-state index in [0.717, 1.165) is 31.7 Å². The SMILES string of the molecule is Nc1nccc(N2CCCC(CC(=O)O)C2)n1. The molecule has 0 bridgehead atoms. The Kier molecular flexibility index (Phi) is 3.41. The quantitative estimate of drug-likeness (QED) is 0.804. The minimum absolute atomic E-state index is 0.192. The van der Waals surface area contributed by atoms with E-state index in [1.807, 2.05) is 0 Å². The molecule has 2 heterocycles. The molecule has 6 nitrogen and oxygen atoms in total. The summed E-state index contributed by atoms with van der Waals surface area (Å²) in [5, 5.41) is 8.80. The Balaban J connectivity index is 2.04. The number of carboxylic acid groups (broad SMARTS) is 1. The molecule has 0 amide bonds. The predicted molar refractivity (Wildman–Crippen MR) is 63.6 cm³/mol. The first-order valence-electron chi connectivity index (χ1n) is 5.70. The van der Waals surface area contributed by atoms with Gasteiger partial charge >= 0.3 is 5.97 Å². The lowest BCUT2D eigenvalue weighted by Gasteiger charge is -2.32. The summed E-state index contributed by atoms with van der Waals surface area (Å²) in [6, 6.07) is 1.81. The maximum atomic E-state index is 10.7. The Morgan fingerprint density at radius 2 is 2.47 bits per heavy atom. The zero-order chi connectivity index (χ0) is 12.3. The Bertz CT molecular complexity index is 410. The monoisotopic (exact) mass is 236 g/mol. The highest BCUT2D eigenvalue weighted by Crippen LogP contribution is 2.23. The molecule has 0 saturated carbocycles. The van der Waals surface area contributed by atoms with Gasteiger partial charge in [-0.05, 0) is 24.8 Å². The van der Waals surface area contributed by atoms with Crippen molar-refractivity contribution in [2.75, 3.05) is 23.7 Å². The summed E-state index contributed by atoms with van der Waals surface area (Å²) >= 11 is 0. The van der Waals surface area contributed by atoms with Gasteiger partial charge in [0.05, 0.1) is 0 Å². The van der Waals surface area contributed by atoms with E-state index in [9.17, 15) is 4.79 Å². The Labute approximate surface area is 99.5 Å². The van der Waals surface area contributed by atoms with Crippen molar-refractivity contribution in [1.82, 2.24) is 9.97 Å². The van der Waals surface area contributed by atoms with Gasteiger partial charge in [0.15, 0.2) is 0 Å². The van der Waals surface area contributed by atoms with Crippen LogP contribution in [0.25, 0.3) is 0 Å². The molecule has 0 aromatic carbocycles. The van der Waals surface area contributed by atoms with Gasteiger partial charge in [-0.25, -0.2) is 4.98 Å². The van der Waals surface area contributed by atoms with Gasteiger partial charge in [-0.1, -0.05) is 0 Å². The number of piperidine rings is 1. The van der Waals surface area contributed by atoms with Crippen LogP contribution < -0.4 is 10.6 Å². The topological polar surface area (TPSA) is 92.3 Å². The highest BCUT2D eigenvalue weighted by Gasteiger charge is 2.22. The van der Waals surface area contributed by atoms with Gasteiger partial charge < -0.3 is 15.7 Å². The molecule has 1 aliphatic rings. The second-order valence-electron chi connectivity index (χ2n) is 4.33. The van der Waals surface area contributed by atoms with Crippen LogP contribution in [0.15, 0.2) is 12.3 Å². The lowest BCUT2D eigenvalue weighted by Crippen LogP contribution is -2.36. The van der Waals surface area contributed by atoms with Crippen LogP contribution in [0.2, 0.25) is 0 Å². The first kappa shape index (κ1) is 11.6. The molecule has 1 atom stereocenters. The summed E-state index contributed by atoms with van der Waals surface area (Å²) in [6.07, 6.45) is 3.79. The van der Waals surface area contributed by atoms with Crippen molar-refractivity contribution in [2.24, 2.45) is 5.92 Å². The molecule has 0 spiro atoms. The summed E-state index contributed by atoms with van der Waals surface area (Å²) in [6.45, 7) is 1.62. The standard InChI is InChI=1S/C11H16N4O2/c12-11-13-4-3-9(14-11)15-5-1-2-8(7-15)6-10(16)17/h3-4,8H,1-2,5-7H2,(H,16,17)(H2,12,13,14). The van der Waals surface area contributed by atoms with Gasteiger partial charge in [-0.15, -0.1) is 0 Å². The molecular weight excluding hydrogens is 220 g/mol. The van der Waals surface area contributed by atoms with Crippen molar-refractivity contribution < 1.29 is 9.90 Å². The van der Waals surface area contributed by atoms with E-state index in [1.54, 1.807) is 12.3 Å². The molecule has 3 N–H and O–H groups in total. The molecule has 17 heavy (non-hydrogen) atoms. The Hall–Kier alpha value is -1.85. The number of hydrogen-bond donors (Lipinski definition) is 2. The van der Waals surface area contributed by atoms with Crippen molar-refractivity contribution in [2.45, 2.75) is 19.3 Å². The molecular formula is C11H16N4O2. The predicted octanol–water partition coefficient (Wildman–Crippen LogP) is 0.750. The molecule has 1 aliphatic heterocycles. The molecule has 92 valence electrons. The second kappa shape index (κ2) is 4.99. The highest BCUT2D eigenvalue weighted by molar-refractivity contribution is 5.67. The van der Waals surface area contributed by atoms with E-state index in [1.165, 1.54) is 0 Å². The van der Waals surface area contributed by atoms with Crippen LogP contribution in [0.4, 0.5) is 11.8 Å². The van der Waals surface area contributed by atoms with E-state index < -0.39 is 5.97 Å². The van der Waals surface area contributed by atoms with Crippen LogP contribution in [0.5, 0.6) is 0 Å². The molecule has 1 unspecified atom stereocenters. The Morgan fingerprint density at radius 3 is 3.18 bits per heavy atom. The van der Waals surface area contributed by atoms with E-state index in [2.05, 4.69) is 14.9 Å². The molecule has 1 saturated heterocycles. The fourth-order valence-electron chi connectivity index (χ4n) is 2.23. The fraction of sp³-hybridized carbons (Fsp3) is 0.545. The minimum Gasteiger partial charge on any atom is -0.481 e. The van der Waals surface area contributed by atoms with Gasteiger partial charge in [-0.3, -0.25) is 4.79 Å². The third-order valence-electron chi connectivity index (χ3n) is 2.97. The largest absolute Gasteiger partial charge is 0.481 e. The van der Waals surface area contributed by atoms with Crippen LogP contribution in [0, 0.1) is 5.92 Å². The number of anilines is 2. The van der Waals surface area contributed by atoms with Crippen LogP contribution in [0.3, 0.4) is 0 Å². The fourth-order valence-corrected chi connectivity index (χ4v) is 2.23. The summed E-state index contributed by atoms with van der Waals surface area (Å²) in [5.74, 6) is 0.493. The zero-order valence-corrected chi connectivity index (χ0v) is 9.54. The smallest absolute Gasteiger partial charge is 0.303 e. The maximum Gasteiger partial charge on any atom is 0.303 e. The van der Waals surface area contributed by atoms with E-state index in [0.29, 0.717) is 0 Å². The van der Waals surface area contributed by atoms with Gasteiger partial charge in [0.25, 0.3) is 0 Å². The van der Waals surface area contributed by atoms with Gasteiger partial charge in [0.1, 0.15) is 5.82 Å². The van der Waals surface area contributed by atoms with Crippen LogP contribution in [-0.2, 0) is 4.79 Å². The second-order valence-corrected chi connectivity index (χ2v) is 4.33. The molecule has 1 aromatic heterocycles.